The van der Waals surface area contributed by atoms with Crippen molar-refractivity contribution in [2.24, 2.45) is 5.14 Å². The van der Waals surface area contributed by atoms with E-state index in [2.05, 4.69) is 4.98 Å². The van der Waals surface area contributed by atoms with Crippen molar-refractivity contribution < 1.29 is 22.3 Å². The largest absolute Gasteiger partial charge is 0.461 e. The van der Waals surface area contributed by atoms with E-state index in [1.807, 2.05) is 6.20 Å². The number of sulfonamides is 1. The van der Waals surface area contributed by atoms with Crippen molar-refractivity contribution in [3.63, 3.8) is 0 Å². The molecule has 31 heavy (non-hydrogen) atoms. The molecule has 0 saturated carbocycles. The van der Waals surface area contributed by atoms with E-state index >= 15 is 0 Å². The number of halogens is 1. The fourth-order valence-electron chi connectivity index (χ4n) is 3.26. The fraction of sp³-hybridized carbons (Fsp3) is 0.143. The SMILES string of the molecule is CCOC(=O)c1csc(-n2cc(Cc3ccc(S(N)(=O)=O)cc3)c3cc(F)ccc32)n1. The number of ether oxygens (including phenoxy) is 1. The van der Waals surface area contributed by atoms with Gasteiger partial charge in [0.1, 0.15) is 5.82 Å². The first-order valence-corrected chi connectivity index (χ1v) is 11.7. The molecule has 0 amide bonds. The van der Waals surface area contributed by atoms with Crippen LogP contribution in [0.5, 0.6) is 0 Å². The van der Waals surface area contributed by atoms with Gasteiger partial charge in [0, 0.05) is 17.0 Å². The van der Waals surface area contributed by atoms with E-state index in [-0.39, 0.29) is 23.0 Å². The molecular formula is C21H18FN3O4S2. The third-order valence-electron chi connectivity index (χ3n) is 4.68. The van der Waals surface area contributed by atoms with Crippen LogP contribution in [0, 0.1) is 5.82 Å². The monoisotopic (exact) mass is 459 g/mol. The van der Waals surface area contributed by atoms with Crippen molar-refractivity contribution >= 4 is 38.2 Å². The molecular weight excluding hydrogens is 441 g/mol. The summed E-state index contributed by atoms with van der Waals surface area (Å²) >= 11 is 1.28. The molecule has 2 N–H and O–H groups in total. The van der Waals surface area contributed by atoms with Crippen molar-refractivity contribution in [3.05, 3.63) is 76.7 Å². The van der Waals surface area contributed by atoms with E-state index in [0.29, 0.717) is 16.9 Å². The number of fused-ring (bicyclic) bond motifs is 1. The maximum Gasteiger partial charge on any atom is 0.357 e. The van der Waals surface area contributed by atoms with Gasteiger partial charge in [0.2, 0.25) is 10.0 Å². The van der Waals surface area contributed by atoms with Crippen molar-refractivity contribution in [3.8, 4) is 5.13 Å². The molecule has 4 rings (SSSR count). The highest BCUT2D eigenvalue weighted by Crippen LogP contribution is 2.29. The zero-order valence-electron chi connectivity index (χ0n) is 16.4. The van der Waals surface area contributed by atoms with Crippen molar-refractivity contribution in [1.29, 1.82) is 0 Å². The van der Waals surface area contributed by atoms with Crippen LogP contribution >= 0.6 is 11.3 Å². The number of carbonyl (C=O) groups is 1. The van der Waals surface area contributed by atoms with Crippen LogP contribution in [0.4, 0.5) is 4.39 Å². The van der Waals surface area contributed by atoms with Crippen LogP contribution in [0.2, 0.25) is 0 Å². The number of nitrogens with zero attached hydrogens (tertiary/aromatic N) is 2. The summed E-state index contributed by atoms with van der Waals surface area (Å²) in [5, 5.41) is 8.02. The molecule has 0 aliphatic rings. The molecule has 10 heteroatoms. The van der Waals surface area contributed by atoms with Gasteiger partial charge in [-0.15, -0.1) is 11.3 Å². The Bertz CT molecular complexity index is 1380. The number of rotatable bonds is 6. The second kappa shape index (κ2) is 8.22. The molecule has 160 valence electrons. The molecule has 0 aliphatic heterocycles. The number of hydrogen-bond acceptors (Lipinski definition) is 6. The third kappa shape index (κ3) is 4.36. The summed E-state index contributed by atoms with van der Waals surface area (Å²) in [6.45, 7) is 1.98. The summed E-state index contributed by atoms with van der Waals surface area (Å²) in [4.78, 5) is 16.3. The van der Waals surface area contributed by atoms with E-state index in [4.69, 9.17) is 9.88 Å². The Kier molecular flexibility index (Phi) is 5.61. The lowest BCUT2D eigenvalue weighted by atomic mass is 10.0. The van der Waals surface area contributed by atoms with Crippen molar-refractivity contribution in [1.82, 2.24) is 9.55 Å². The van der Waals surface area contributed by atoms with Gasteiger partial charge in [-0.1, -0.05) is 12.1 Å². The molecule has 0 bridgehead atoms. The van der Waals surface area contributed by atoms with Crippen LogP contribution in [0.15, 0.2) is 58.9 Å². The van der Waals surface area contributed by atoms with Crippen LogP contribution in [0.1, 0.15) is 28.5 Å². The quantitative estimate of drug-likeness (QED) is 0.443. The van der Waals surface area contributed by atoms with Gasteiger partial charge in [0.25, 0.3) is 0 Å². The molecule has 0 aliphatic carbocycles. The van der Waals surface area contributed by atoms with Crippen LogP contribution < -0.4 is 5.14 Å². The average molecular weight is 460 g/mol. The lowest BCUT2D eigenvalue weighted by molar-refractivity contribution is 0.0520. The summed E-state index contributed by atoms with van der Waals surface area (Å²) in [5.74, 6) is -0.870. The van der Waals surface area contributed by atoms with Crippen molar-refractivity contribution in [2.45, 2.75) is 18.2 Å². The van der Waals surface area contributed by atoms with Gasteiger partial charge in [-0.2, -0.15) is 0 Å². The first kappa shape index (κ1) is 21.2. The second-order valence-corrected chi connectivity index (χ2v) is 9.19. The van der Waals surface area contributed by atoms with Gasteiger partial charge >= 0.3 is 5.97 Å². The predicted octanol–water partition coefficient (Wildman–Crippen LogP) is 3.64. The van der Waals surface area contributed by atoms with Gasteiger partial charge < -0.3 is 4.74 Å². The first-order valence-electron chi connectivity index (χ1n) is 9.30. The van der Waals surface area contributed by atoms with E-state index in [9.17, 15) is 17.6 Å². The summed E-state index contributed by atoms with van der Waals surface area (Å²) in [7, 11) is -3.77. The Hall–Kier alpha value is -3.08. The van der Waals surface area contributed by atoms with Crippen LogP contribution in [-0.4, -0.2) is 30.5 Å². The number of benzene rings is 2. The minimum atomic E-state index is -3.77. The summed E-state index contributed by atoms with van der Waals surface area (Å²) in [6, 6.07) is 10.7. The molecule has 2 heterocycles. The number of carbonyl (C=O) groups excluding carboxylic acids is 1. The Morgan fingerprint density at radius 3 is 2.65 bits per heavy atom. The summed E-state index contributed by atoms with van der Waals surface area (Å²) in [6.07, 6.45) is 2.28. The van der Waals surface area contributed by atoms with Gasteiger partial charge in [-0.25, -0.2) is 27.7 Å². The van der Waals surface area contributed by atoms with Gasteiger partial charge in [0.05, 0.1) is 17.0 Å². The Balaban J connectivity index is 1.74. The molecule has 2 aromatic heterocycles. The lowest BCUT2D eigenvalue weighted by Crippen LogP contribution is -2.11. The molecule has 7 nitrogen and oxygen atoms in total. The summed E-state index contributed by atoms with van der Waals surface area (Å²) < 4.78 is 43.7. The number of aromatic nitrogens is 2. The number of nitrogens with two attached hydrogens (primary N) is 1. The van der Waals surface area contributed by atoms with Gasteiger partial charge in [0.15, 0.2) is 10.8 Å². The second-order valence-electron chi connectivity index (χ2n) is 6.79. The van der Waals surface area contributed by atoms with E-state index < -0.39 is 16.0 Å². The smallest absolute Gasteiger partial charge is 0.357 e. The topological polar surface area (TPSA) is 104 Å². The van der Waals surface area contributed by atoms with E-state index in [0.717, 1.165) is 16.6 Å². The maximum absolute atomic E-state index is 14.0. The van der Waals surface area contributed by atoms with E-state index in [1.54, 1.807) is 35.1 Å². The molecule has 0 fully saturated rings. The minimum Gasteiger partial charge on any atom is -0.461 e. The molecule has 2 aromatic carbocycles. The molecule has 0 spiro atoms. The van der Waals surface area contributed by atoms with Gasteiger partial charge in [-0.05, 0) is 54.8 Å². The maximum atomic E-state index is 14.0. The Labute approximate surface area is 182 Å². The number of primary sulfonamides is 1. The number of thiazole rings is 1. The molecule has 0 unspecified atom stereocenters. The highest BCUT2D eigenvalue weighted by Gasteiger charge is 2.17. The molecule has 0 saturated heterocycles. The van der Waals surface area contributed by atoms with Crippen LogP contribution in [-0.2, 0) is 21.2 Å². The average Bonchev–Trinajstić information content (AvgIpc) is 3.33. The van der Waals surface area contributed by atoms with Crippen LogP contribution in [0.25, 0.3) is 16.0 Å². The van der Waals surface area contributed by atoms with Crippen molar-refractivity contribution in [2.75, 3.05) is 6.61 Å². The Morgan fingerprint density at radius 1 is 1.23 bits per heavy atom. The number of esters is 1. The highest BCUT2D eigenvalue weighted by molar-refractivity contribution is 7.89. The molecule has 4 aromatic rings. The minimum absolute atomic E-state index is 0.0269. The normalized spacial score (nSPS) is 11.7. The van der Waals surface area contributed by atoms with Gasteiger partial charge in [-0.3, -0.25) is 4.57 Å². The van der Waals surface area contributed by atoms with E-state index in [1.165, 1.54) is 35.6 Å². The lowest BCUT2D eigenvalue weighted by Gasteiger charge is -2.03. The third-order valence-corrected chi connectivity index (χ3v) is 6.45. The first-order chi connectivity index (χ1) is 14.8. The zero-order valence-corrected chi connectivity index (χ0v) is 18.0. The number of hydrogen-bond donors (Lipinski definition) is 1. The molecule has 0 radical (unpaired) electrons. The highest BCUT2D eigenvalue weighted by atomic mass is 32.2. The summed E-state index contributed by atoms with van der Waals surface area (Å²) in [5.41, 5.74) is 2.61. The fourth-order valence-corrected chi connectivity index (χ4v) is 4.56. The Morgan fingerprint density at radius 2 is 1.97 bits per heavy atom. The standard InChI is InChI=1S/C21H18FN3O4S2/c1-2-29-20(26)18-12-30-21(24-18)25-11-14(17-10-15(22)5-8-19(17)25)9-13-3-6-16(7-4-13)31(23,27)28/h3-8,10-12H,2,9H2,1H3,(H2,23,27,28). The molecule has 0 atom stereocenters. The zero-order chi connectivity index (χ0) is 22.2. The van der Waals surface area contributed by atoms with Crippen LogP contribution in [0.3, 0.4) is 0 Å². The predicted molar refractivity (Wildman–Crippen MR) is 115 cm³/mol.